The first kappa shape index (κ1) is 15.3. The first-order chi connectivity index (χ1) is 9.56. The van der Waals surface area contributed by atoms with E-state index >= 15 is 0 Å². The highest BCUT2D eigenvalue weighted by atomic mass is 35.5. The van der Waals surface area contributed by atoms with E-state index in [0.717, 1.165) is 34.9 Å². The molecule has 0 aliphatic heterocycles. The lowest BCUT2D eigenvalue weighted by Gasteiger charge is -2.16. The summed E-state index contributed by atoms with van der Waals surface area (Å²) in [6.07, 6.45) is 3.22. The maximum Gasteiger partial charge on any atom is 0.0850 e. The molecular weight excluding hydrogens is 295 g/mol. The van der Waals surface area contributed by atoms with Gasteiger partial charge in [-0.2, -0.15) is 5.10 Å². The van der Waals surface area contributed by atoms with Crippen LogP contribution in [0.3, 0.4) is 0 Å². The van der Waals surface area contributed by atoms with Crippen LogP contribution in [0.4, 0.5) is 0 Å². The van der Waals surface area contributed by atoms with Crippen LogP contribution in [0.15, 0.2) is 18.3 Å². The first-order valence-electron chi connectivity index (χ1n) is 6.55. The van der Waals surface area contributed by atoms with Gasteiger partial charge in [0, 0.05) is 19.7 Å². The highest BCUT2D eigenvalue weighted by Gasteiger charge is 2.19. The van der Waals surface area contributed by atoms with E-state index in [9.17, 15) is 0 Å². The second-order valence-electron chi connectivity index (χ2n) is 4.63. The molecule has 1 atom stereocenters. The lowest BCUT2D eigenvalue weighted by atomic mass is 10.1. The van der Waals surface area contributed by atoms with E-state index in [2.05, 4.69) is 15.4 Å². The van der Waals surface area contributed by atoms with E-state index in [0.29, 0.717) is 5.02 Å². The number of hydrogen-bond acceptors (Lipinski definition) is 3. The third-order valence-corrected chi connectivity index (χ3v) is 4.02. The van der Waals surface area contributed by atoms with Gasteiger partial charge in [-0.3, -0.25) is 9.67 Å². The van der Waals surface area contributed by atoms with Crippen molar-refractivity contribution in [1.29, 1.82) is 0 Å². The minimum atomic E-state index is 0.0740. The lowest BCUT2D eigenvalue weighted by molar-refractivity contribution is 0.549. The zero-order chi connectivity index (χ0) is 14.7. The first-order valence-corrected chi connectivity index (χ1v) is 7.31. The van der Waals surface area contributed by atoms with Crippen molar-refractivity contribution in [2.24, 2.45) is 7.05 Å². The second-order valence-corrected chi connectivity index (χ2v) is 5.45. The van der Waals surface area contributed by atoms with Crippen LogP contribution < -0.4 is 5.32 Å². The van der Waals surface area contributed by atoms with Crippen LogP contribution >= 0.6 is 23.2 Å². The Morgan fingerprint density at radius 1 is 1.35 bits per heavy atom. The third kappa shape index (κ3) is 3.14. The van der Waals surface area contributed by atoms with Crippen LogP contribution in [-0.4, -0.2) is 21.8 Å². The summed E-state index contributed by atoms with van der Waals surface area (Å²) in [7, 11) is 3.83. The quantitative estimate of drug-likeness (QED) is 0.922. The Kier molecular flexibility index (Phi) is 5.02. The minimum Gasteiger partial charge on any atom is -0.311 e. The van der Waals surface area contributed by atoms with Crippen molar-refractivity contribution < 1.29 is 0 Å². The molecule has 2 aromatic heterocycles. The van der Waals surface area contributed by atoms with Crippen LogP contribution in [0.2, 0.25) is 10.0 Å². The van der Waals surface area contributed by atoms with Gasteiger partial charge in [-0.1, -0.05) is 30.1 Å². The average Bonchev–Trinajstić information content (AvgIpc) is 2.72. The van der Waals surface area contributed by atoms with E-state index in [1.165, 1.54) is 0 Å². The monoisotopic (exact) mass is 312 g/mol. The van der Waals surface area contributed by atoms with Gasteiger partial charge in [0.2, 0.25) is 0 Å². The standard InChI is InChI=1S/C14H18Cl2N4/c1-4-10-14(16)13(20(3)19-10)7-12(17-2)11-6-5-9(15)8-18-11/h5-6,8,12,17H,4,7H2,1-3H3. The van der Waals surface area contributed by atoms with E-state index in [-0.39, 0.29) is 6.04 Å². The van der Waals surface area contributed by atoms with Crippen molar-refractivity contribution in [3.05, 3.63) is 45.5 Å². The highest BCUT2D eigenvalue weighted by molar-refractivity contribution is 6.32. The van der Waals surface area contributed by atoms with Gasteiger partial charge < -0.3 is 5.32 Å². The molecule has 6 heteroatoms. The Labute approximate surface area is 129 Å². The van der Waals surface area contributed by atoms with Gasteiger partial charge in [0.25, 0.3) is 0 Å². The topological polar surface area (TPSA) is 42.7 Å². The van der Waals surface area contributed by atoms with Gasteiger partial charge in [-0.25, -0.2) is 0 Å². The molecule has 2 rings (SSSR count). The SMILES string of the molecule is CCc1nn(C)c(CC(NC)c2ccc(Cl)cn2)c1Cl. The molecule has 2 aromatic rings. The largest absolute Gasteiger partial charge is 0.311 e. The van der Waals surface area contributed by atoms with Crippen LogP contribution in [0.1, 0.15) is 30.0 Å². The number of likely N-dealkylation sites (N-methyl/N-ethyl adjacent to an activating group) is 1. The van der Waals surface area contributed by atoms with Gasteiger partial charge >= 0.3 is 0 Å². The summed E-state index contributed by atoms with van der Waals surface area (Å²) in [5.74, 6) is 0. The van der Waals surface area contributed by atoms with Crippen molar-refractivity contribution in [3.8, 4) is 0 Å². The molecule has 20 heavy (non-hydrogen) atoms. The Bertz CT molecular complexity index is 578. The van der Waals surface area contributed by atoms with Crippen molar-refractivity contribution in [2.75, 3.05) is 7.05 Å². The second kappa shape index (κ2) is 6.57. The molecule has 0 bridgehead atoms. The van der Waals surface area contributed by atoms with Gasteiger partial charge in [0.05, 0.1) is 33.2 Å². The summed E-state index contributed by atoms with van der Waals surface area (Å²) in [5, 5.41) is 9.09. The maximum atomic E-state index is 6.39. The Morgan fingerprint density at radius 3 is 2.60 bits per heavy atom. The predicted molar refractivity (Wildman–Crippen MR) is 82.3 cm³/mol. The molecule has 0 saturated heterocycles. The lowest BCUT2D eigenvalue weighted by Crippen LogP contribution is -2.21. The minimum absolute atomic E-state index is 0.0740. The number of pyridine rings is 1. The Morgan fingerprint density at radius 2 is 2.10 bits per heavy atom. The summed E-state index contributed by atoms with van der Waals surface area (Å²) in [4.78, 5) is 4.36. The Balaban J connectivity index is 2.26. The number of aryl methyl sites for hydroxylation is 2. The molecule has 0 aliphatic rings. The zero-order valence-electron chi connectivity index (χ0n) is 11.8. The molecule has 108 valence electrons. The van der Waals surface area contributed by atoms with Gasteiger partial charge in [0.1, 0.15) is 0 Å². The van der Waals surface area contributed by atoms with E-state index in [4.69, 9.17) is 23.2 Å². The summed E-state index contributed by atoms with van der Waals surface area (Å²) >= 11 is 12.3. The van der Waals surface area contributed by atoms with Crippen molar-refractivity contribution in [2.45, 2.75) is 25.8 Å². The fourth-order valence-corrected chi connectivity index (χ4v) is 2.67. The molecule has 0 spiro atoms. The molecule has 0 amide bonds. The molecule has 0 aromatic carbocycles. The number of halogens is 2. The number of hydrogen-bond donors (Lipinski definition) is 1. The van der Waals surface area contributed by atoms with Crippen molar-refractivity contribution in [3.63, 3.8) is 0 Å². The molecule has 0 radical (unpaired) electrons. The van der Waals surface area contributed by atoms with Crippen LogP contribution in [0.25, 0.3) is 0 Å². The van der Waals surface area contributed by atoms with Crippen molar-refractivity contribution >= 4 is 23.2 Å². The highest BCUT2D eigenvalue weighted by Crippen LogP contribution is 2.26. The molecule has 1 unspecified atom stereocenters. The number of nitrogens with one attached hydrogen (secondary N) is 1. The summed E-state index contributed by atoms with van der Waals surface area (Å²) in [6, 6.07) is 3.84. The van der Waals surface area contributed by atoms with Gasteiger partial charge in [-0.15, -0.1) is 0 Å². The summed E-state index contributed by atoms with van der Waals surface area (Å²) < 4.78 is 1.85. The van der Waals surface area contributed by atoms with E-state index in [1.807, 2.05) is 37.8 Å². The van der Waals surface area contributed by atoms with E-state index in [1.54, 1.807) is 6.20 Å². The summed E-state index contributed by atoms with van der Waals surface area (Å²) in [6.45, 7) is 2.05. The molecule has 4 nitrogen and oxygen atoms in total. The number of aromatic nitrogens is 3. The van der Waals surface area contributed by atoms with Gasteiger partial charge in [-0.05, 0) is 25.6 Å². The van der Waals surface area contributed by atoms with Gasteiger partial charge in [0.15, 0.2) is 0 Å². The van der Waals surface area contributed by atoms with Crippen LogP contribution in [0.5, 0.6) is 0 Å². The fourth-order valence-electron chi connectivity index (χ4n) is 2.18. The van der Waals surface area contributed by atoms with E-state index < -0.39 is 0 Å². The molecule has 1 N–H and O–H groups in total. The average molecular weight is 313 g/mol. The van der Waals surface area contributed by atoms with Crippen LogP contribution in [0, 0.1) is 0 Å². The zero-order valence-corrected chi connectivity index (χ0v) is 13.3. The molecular formula is C14H18Cl2N4. The molecule has 0 aliphatic carbocycles. The summed E-state index contributed by atoms with van der Waals surface area (Å²) in [5.41, 5.74) is 2.88. The van der Waals surface area contributed by atoms with Crippen LogP contribution in [-0.2, 0) is 19.9 Å². The number of nitrogens with zero attached hydrogens (tertiary/aromatic N) is 3. The maximum absolute atomic E-state index is 6.39. The smallest absolute Gasteiger partial charge is 0.0850 e. The third-order valence-electron chi connectivity index (χ3n) is 3.36. The fraction of sp³-hybridized carbons (Fsp3) is 0.429. The van der Waals surface area contributed by atoms with Crippen molar-refractivity contribution in [1.82, 2.24) is 20.1 Å². The number of rotatable bonds is 5. The Hall–Kier alpha value is -1.10. The predicted octanol–water partition coefficient (Wildman–Crippen LogP) is 3.19. The normalized spacial score (nSPS) is 12.7. The molecule has 0 fully saturated rings. The molecule has 0 saturated carbocycles. The molecule has 2 heterocycles.